The lowest BCUT2D eigenvalue weighted by atomic mass is 10.1. The van der Waals surface area contributed by atoms with E-state index in [-0.39, 0.29) is 10.9 Å². The van der Waals surface area contributed by atoms with Gasteiger partial charge < -0.3 is 5.32 Å². The lowest BCUT2D eigenvalue weighted by molar-refractivity contribution is 0.102. The third-order valence-electron chi connectivity index (χ3n) is 3.82. The molecule has 0 saturated carbocycles. The van der Waals surface area contributed by atoms with E-state index >= 15 is 0 Å². The van der Waals surface area contributed by atoms with Gasteiger partial charge in [0.2, 0.25) is 10.0 Å². The van der Waals surface area contributed by atoms with Crippen LogP contribution in [0.2, 0.25) is 0 Å². The summed E-state index contributed by atoms with van der Waals surface area (Å²) in [5.41, 5.74) is 1.07. The number of nitriles is 1. The van der Waals surface area contributed by atoms with Crippen molar-refractivity contribution in [3.8, 4) is 6.07 Å². The van der Waals surface area contributed by atoms with Crippen LogP contribution in [-0.2, 0) is 10.0 Å². The smallest absolute Gasteiger partial charge is 0.255 e. The first-order valence-corrected chi connectivity index (χ1v) is 9.10. The summed E-state index contributed by atoms with van der Waals surface area (Å²) < 4.78 is 26.1. The van der Waals surface area contributed by atoms with E-state index in [0.29, 0.717) is 16.8 Å². The molecule has 0 aliphatic rings. The number of anilines is 1. The molecule has 0 aromatic heterocycles. The number of carbonyl (C=O) groups excluding carboxylic acids is 1. The van der Waals surface area contributed by atoms with Gasteiger partial charge >= 0.3 is 0 Å². The molecule has 25 heavy (non-hydrogen) atoms. The maximum atomic E-state index is 12.4. The van der Waals surface area contributed by atoms with E-state index in [9.17, 15) is 13.2 Å². The number of sulfonamides is 1. The van der Waals surface area contributed by atoms with Gasteiger partial charge in [0, 0.05) is 18.7 Å². The van der Waals surface area contributed by atoms with Crippen LogP contribution in [0.3, 0.4) is 0 Å². The molecule has 0 radical (unpaired) electrons. The van der Waals surface area contributed by atoms with Crippen molar-refractivity contribution < 1.29 is 13.2 Å². The minimum atomic E-state index is -3.59. The fourth-order valence-electron chi connectivity index (χ4n) is 2.11. The highest BCUT2D eigenvalue weighted by Gasteiger charge is 2.23. The highest BCUT2D eigenvalue weighted by atomic mass is 32.2. The van der Waals surface area contributed by atoms with Gasteiger partial charge in [-0.2, -0.15) is 9.57 Å². The summed E-state index contributed by atoms with van der Waals surface area (Å²) in [6.07, 6.45) is 0. The van der Waals surface area contributed by atoms with Crippen LogP contribution >= 0.6 is 0 Å². The normalized spacial score (nSPS) is 11.4. The van der Waals surface area contributed by atoms with Gasteiger partial charge in [-0.25, -0.2) is 8.42 Å². The highest BCUT2D eigenvalue weighted by molar-refractivity contribution is 7.89. The molecule has 7 heteroatoms. The number of benzene rings is 2. The fourth-order valence-corrected chi connectivity index (χ4v) is 3.47. The largest absolute Gasteiger partial charge is 0.321 e. The van der Waals surface area contributed by atoms with E-state index in [1.54, 1.807) is 38.1 Å². The molecule has 2 rings (SSSR count). The van der Waals surface area contributed by atoms with Gasteiger partial charge in [0.25, 0.3) is 5.91 Å². The van der Waals surface area contributed by atoms with E-state index in [1.807, 2.05) is 6.07 Å². The van der Waals surface area contributed by atoms with Gasteiger partial charge in [-0.3, -0.25) is 4.79 Å². The van der Waals surface area contributed by atoms with Crippen LogP contribution in [0.15, 0.2) is 53.4 Å². The SMILES string of the molecule is CC(C)N(C)S(=O)(=O)c1ccc(C(=O)Nc2ccccc2C#N)cc1. The molecule has 0 unspecified atom stereocenters. The molecule has 130 valence electrons. The molecular formula is C18H19N3O3S. The zero-order valence-electron chi connectivity index (χ0n) is 14.2. The topological polar surface area (TPSA) is 90.3 Å². The van der Waals surface area contributed by atoms with E-state index in [4.69, 9.17) is 5.26 Å². The molecule has 1 amide bonds. The zero-order chi connectivity index (χ0) is 18.6. The summed E-state index contributed by atoms with van der Waals surface area (Å²) in [5, 5.41) is 11.7. The number of hydrogen-bond donors (Lipinski definition) is 1. The van der Waals surface area contributed by atoms with E-state index < -0.39 is 15.9 Å². The van der Waals surface area contributed by atoms with Crippen molar-refractivity contribution in [1.29, 1.82) is 5.26 Å². The van der Waals surface area contributed by atoms with Gasteiger partial charge in [-0.1, -0.05) is 12.1 Å². The van der Waals surface area contributed by atoms with Crippen LogP contribution in [0.4, 0.5) is 5.69 Å². The number of nitrogens with zero attached hydrogens (tertiary/aromatic N) is 2. The molecule has 0 aliphatic heterocycles. The summed E-state index contributed by atoms with van der Waals surface area (Å²) in [6, 6.07) is 14.2. The standard InChI is InChI=1S/C18H19N3O3S/c1-13(2)21(3)25(23,24)16-10-8-14(9-11-16)18(22)20-17-7-5-4-6-15(17)12-19/h4-11,13H,1-3H3,(H,20,22). The summed E-state index contributed by atoms with van der Waals surface area (Å²) in [6.45, 7) is 3.57. The molecule has 6 nitrogen and oxygen atoms in total. The number of hydrogen-bond acceptors (Lipinski definition) is 4. The molecule has 0 spiro atoms. The Morgan fingerprint density at radius 2 is 1.72 bits per heavy atom. The Bertz CT molecular complexity index is 913. The molecule has 0 aliphatic carbocycles. The molecule has 1 N–H and O–H groups in total. The average molecular weight is 357 g/mol. The van der Waals surface area contributed by atoms with Crippen LogP contribution < -0.4 is 5.32 Å². The van der Waals surface area contributed by atoms with Crippen molar-refractivity contribution in [2.45, 2.75) is 24.8 Å². The summed E-state index contributed by atoms with van der Waals surface area (Å²) in [4.78, 5) is 12.4. The minimum absolute atomic E-state index is 0.123. The molecule has 0 saturated heterocycles. The van der Waals surface area contributed by atoms with Gasteiger partial charge in [-0.05, 0) is 50.2 Å². The number of nitrogens with one attached hydrogen (secondary N) is 1. The summed E-state index contributed by atoms with van der Waals surface area (Å²) >= 11 is 0. The molecule has 2 aromatic carbocycles. The second-order valence-electron chi connectivity index (χ2n) is 5.75. The van der Waals surface area contributed by atoms with Gasteiger partial charge in [0.15, 0.2) is 0 Å². The van der Waals surface area contributed by atoms with Crippen molar-refractivity contribution in [1.82, 2.24) is 4.31 Å². The lowest BCUT2D eigenvalue weighted by Crippen LogP contribution is -2.33. The second kappa shape index (κ2) is 7.47. The molecule has 0 atom stereocenters. The van der Waals surface area contributed by atoms with Gasteiger partial charge in [0.05, 0.1) is 16.1 Å². The Balaban J connectivity index is 2.23. The predicted molar refractivity (Wildman–Crippen MR) is 95.6 cm³/mol. The first kappa shape index (κ1) is 18.6. The van der Waals surface area contributed by atoms with Crippen LogP contribution in [0.1, 0.15) is 29.8 Å². The summed E-state index contributed by atoms with van der Waals surface area (Å²) in [7, 11) is -2.08. The Morgan fingerprint density at radius 1 is 1.12 bits per heavy atom. The average Bonchev–Trinajstić information content (AvgIpc) is 2.61. The molecular weight excluding hydrogens is 338 g/mol. The predicted octanol–water partition coefficient (Wildman–Crippen LogP) is 2.84. The maximum Gasteiger partial charge on any atom is 0.255 e. The molecule has 2 aromatic rings. The van der Waals surface area contributed by atoms with Crippen LogP contribution in [0.5, 0.6) is 0 Å². The van der Waals surface area contributed by atoms with Crippen molar-refractivity contribution >= 4 is 21.6 Å². The van der Waals surface area contributed by atoms with E-state index in [0.717, 1.165) is 0 Å². The van der Waals surface area contributed by atoms with Gasteiger partial charge in [-0.15, -0.1) is 0 Å². The second-order valence-corrected chi connectivity index (χ2v) is 7.75. The lowest BCUT2D eigenvalue weighted by Gasteiger charge is -2.21. The Morgan fingerprint density at radius 3 is 2.28 bits per heavy atom. The number of para-hydroxylation sites is 1. The number of rotatable bonds is 5. The maximum absolute atomic E-state index is 12.4. The molecule has 0 bridgehead atoms. The van der Waals surface area contributed by atoms with Crippen LogP contribution in [-0.4, -0.2) is 31.7 Å². The third-order valence-corrected chi connectivity index (χ3v) is 5.86. The molecule has 0 fully saturated rings. The van der Waals surface area contributed by atoms with Crippen molar-refractivity contribution in [3.05, 3.63) is 59.7 Å². The fraction of sp³-hybridized carbons (Fsp3) is 0.222. The summed E-state index contributed by atoms with van der Waals surface area (Å²) in [5.74, 6) is -0.413. The first-order valence-electron chi connectivity index (χ1n) is 7.66. The van der Waals surface area contributed by atoms with Gasteiger partial charge in [0.1, 0.15) is 6.07 Å². The van der Waals surface area contributed by atoms with E-state index in [1.165, 1.54) is 35.6 Å². The van der Waals surface area contributed by atoms with Crippen LogP contribution in [0.25, 0.3) is 0 Å². The zero-order valence-corrected chi connectivity index (χ0v) is 15.0. The van der Waals surface area contributed by atoms with Crippen molar-refractivity contribution in [3.63, 3.8) is 0 Å². The third kappa shape index (κ3) is 4.05. The Labute approximate surface area is 147 Å². The molecule has 0 heterocycles. The number of carbonyl (C=O) groups is 1. The highest BCUT2D eigenvalue weighted by Crippen LogP contribution is 2.19. The van der Waals surface area contributed by atoms with E-state index in [2.05, 4.69) is 5.32 Å². The first-order chi connectivity index (χ1) is 11.8. The van der Waals surface area contributed by atoms with Crippen molar-refractivity contribution in [2.75, 3.05) is 12.4 Å². The van der Waals surface area contributed by atoms with Crippen molar-refractivity contribution in [2.24, 2.45) is 0 Å². The Kier molecular flexibility index (Phi) is 5.57. The van der Waals surface area contributed by atoms with Crippen LogP contribution in [0, 0.1) is 11.3 Å². The minimum Gasteiger partial charge on any atom is -0.321 e. The monoisotopic (exact) mass is 357 g/mol. The number of amides is 1. The Hall–Kier alpha value is -2.69. The quantitative estimate of drug-likeness (QED) is 0.891.